The van der Waals surface area contributed by atoms with E-state index in [4.69, 9.17) is 15.2 Å². The highest BCUT2D eigenvalue weighted by Gasteiger charge is 2.18. The van der Waals surface area contributed by atoms with Gasteiger partial charge in [0.05, 0.1) is 30.1 Å². The summed E-state index contributed by atoms with van der Waals surface area (Å²) >= 11 is 0. The van der Waals surface area contributed by atoms with E-state index in [1.54, 1.807) is 18.2 Å². The van der Waals surface area contributed by atoms with Crippen molar-refractivity contribution in [3.8, 4) is 11.3 Å². The van der Waals surface area contributed by atoms with Crippen LogP contribution in [0.2, 0.25) is 0 Å². The Bertz CT molecular complexity index is 1520. The van der Waals surface area contributed by atoms with E-state index in [0.717, 1.165) is 27.7 Å². The standard InChI is InChI=1S/C24H22N5O5P/c25-24-21(5-3-11-28(24)16-33-35(30,31)32)23-13-20(27-34-23)12-17-7-9-18(10-8-17)15-29-22-6-2-1-4-19(22)14-26-29/h1-11,13-14,25H,12,15-16H2,(H2,30,31,32). The van der Waals surface area contributed by atoms with E-state index in [1.165, 1.54) is 10.8 Å². The second-order valence-electron chi connectivity index (χ2n) is 8.04. The maximum atomic E-state index is 10.9. The molecule has 0 aliphatic heterocycles. The van der Waals surface area contributed by atoms with E-state index in [9.17, 15) is 9.46 Å². The maximum Gasteiger partial charge on any atom is 0.285 e. The van der Waals surface area contributed by atoms with Crippen molar-refractivity contribution in [3.63, 3.8) is 0 Å². The van der Waals surface area contributed by atoms with Crippen LogP contribution in [-0.2, 0) is 28.8 Å². The van der Waals surface area contributed by atoms with Crippen molar-refractivity contribution < 1.29 is 28.0 Å². The third-order valence-corrected chi connectivity index (χ3v) is 6.03. The highest BCUT2D eigenvalue weighted by atomic mass is 31.2. The summed E-state index contributed by atoms with van der Waals surface area (Å²) in [7, 11) is -4.87. The molecule has 0 saturated heterocycles. The first-order valence-corrected chi connectivity index (χ1v) is 12.3. The minimum Gasteiger partial charge on any atom is -0.756 e. The molecule has 0 radical (unpaired) electrons. The van der Waals surface area contributed by atoms with E-state index in [0.29, 0.717) is 24.3 Å². The van der Waals surface area contributed by atoms with Gasteiger partial charge in [0.25, 0.3) is 13.6 Å². The smallest absolute Gasteiger partial charge is 0.285 e. The fourth-order valence-electron chi connectivity index (χ4n) is 3.84. The first-order chi connectivity index (χ1) is 16.9. The van der Waals surface area contributed by atoms with Crippen molar-refractivity contribution in [3.05, 3.63) is 95.9 Å². The Kier molecular flexibility index (Phi) is 6.19. The van der Waals surface area contributed by atoms with Gasteiger partial charge in [-0.25, -0.2) is 4.57 Å². The summed E-state index contributed by atoms with van der Waals surface area (Å²) in [5, 5.41) is 9.74. The molecule has 0 spiro atoms. The molecular formula is C24H22N5O5P. The van der Waals surface area contributed by atoms with Crippen LogP contribution in [0.4, 0.5) is 5.82 Å². The predicted molar refractivity (Wildman–Crippen MR) is 126 cm³/mol. The summed E-state index contributed by atoms with van der Waals surface area (Å²) < 4.78 is 24.1. The highest BCUT2D eigenvalue weighted by Crippen LogP contribution is 2.30. The number of nitrogens with zero attached hydrogens (tertiary/aromatic N) is 4. The lowest BCUT2D eigenvalue weighted by Gasteiger charge is -2.14. The summed E-state index contributed by atoms with van der Waals surface area (Å²) in [4.78, 5) is 19.7. The number of phosphoric ester groups is 1. The molecule has 10 nitrogen and oxygen atoms in total. The third kappa shape index (κ3) is 5.31. The van der Waals surface area contributed by atoms with E-state index in [2.05, 4.69) is 33.0 Å². The van der Waals surface area contributed by atoms with Crippen molar-refractivity contribution >= 4 is 24.5 Å². The van der Waals surface area contributed by atoms with Crippen LogP contribution in [0.25, 0.3) is 22.2 Å². The van der Waals surface area contributed by atoms with Crippen molar-refractivity contribution in [2.75, 3.05) is 5.73 Å². The van der Waals surface area contributed by atoms with Crippen LogP contribution in [-0.4, -0.2) is 19.8 Å². The van der Waals surface area contributed by atoms with Gasteiger partial charge in [0, 0.05) is 17.9 Å². The Morgan fingerprint density at radius 3 is 2.69 bits per heavy atom. The molecule has 11 heteroatoms. The summed E-state index contributed by atoms with van der Waals surface area (Å²) in [6.07, 6.45) is 3.96. The van der Waals surface area contributed by atoms with Crippen LogP contribution in [0.5, 0.6) is 0 Å². The quantitative estimate of drug-likeness (QED) is 0.249. The number of phosphoric acid groups is 1. The lowest BCUT2D eigenvalue weighted by atomic mass is 10.1. The summed E-state index contributed by atoms with van der Waals surface area (Å²) in [6, 6.07) is 21.5. The predicted octanol–water partition coefficient (Wildman–Crippen LogP) is 2.63. The summed E-state index contributed by atoms with van der Waals surface area (Å²) in [6.45, 7) is 0.218. The van der Waals surface area contributed by atoms with E-state index in [1.807, 2.05) is 41.2 Å². The van der Waals surface area contributed by atoms with Gasteiger partial charge in [0.2, 0.25) is 0 Å². The van der Waals surface area contributed by atoms with Gasteiger partial charge in [-0.05, 0) is 29.3 Å². The minimum atomic E-state index is -4.87. The number of rotatable bonds is 8. The van der Waals surface area contributed by atoms with Crippen molar-refractivity contribution in [2.24, 2.45) is 0 Å². The van der Waals surface area contributed by atoms with Gasteiger partial charge in [-0.2, -0.15) is 5.10 Å². The molecular weight excluding hydrogens is 469 g/mol. The maximum absolute atomic E-state index is 10.9. The number of aromatic nitrogens is 4. The first-order valence-electron chi connectivity index (χ1n) is 10.8. The summed E-state index contributed by atoms with van der Waals surface area (Å²) in [5.41, 5.74) is 10.7. The molecule has 5 rings (SSSR count). The number of hydrogen-bond donors (Lipinski definition) is 2. The van der Waals surface area contributed by atoms with E-state index >= 15 is 0 Å². The largest absolute Gasteiger partial charge is 0.756 e. The zero-order valence-corrected chi connectivity index (χ0v) is 19.4. The number of anilines is 1. The van der Waals surface area contributed by atoms with E-state index in [-0.39, 0.29) is 5.82 Å². The first kappa shape index (κ1) is 22.9. The Labute approximate surface area is 200 Å². The zero-order valence-electron chi connectivity index (χ0n) is 18.5. The number of fused-ring (bicyclic) bond motifs is 1. The SMILES string of the molecule is Nc1c(-c2cc(Cc3ccc(Cn4ncc5ccccc54)cc3)no2)ccc[n+]1COP(=O)([O-])O. The molecule has 1 unspecified atom stereocenters. The van der Waals surface area contributed by atoms with Crippen LogP contribution in [0.1, 0.15) is 16.8 Å². The molecule has 0 amide bonds. The molecule has 3 heterocycles. The third-order valence-electron chi connectivity index (χ3n) is 5.59. The topological polar surface area (TPSA) is 143 Å². The molecule has 0 saturated carbocycles. The molecule has 0 fully saturated rings. The average molecular weight is 491 g/mol. The highest BCUT2D eigenvalue weighted by molar-refractivity contribution is 7.44. The van der Waals surface area contributed by atoms with Gasteiger partial charge in [-0.15, -0.1) is 0 Å². The van der Waals surface area contributed by atoms with Crippen LogP contribution in [0.3, 0.4) is 0 Å². The van der Waals surface area contributed by atoms with Gasteiger partial charge in [-0.1, -0.05) is 47.6 Å². The van der Waals surface area contributed by atoms with Gasteiger partial charge in [-0.3, -0.25) is 19.5 Å². The monoisotopic (exact) mass is 491 g/mol. The van der Waals surface area contributed by atoms with E-state index < -0.39 is 14.6 Å². The second kappa shape index (κ2) is 9.44. The molecule has 2 aromatic carbocycles. The fraction of sp³-hybridized carbons (Fsp3) is 0.125. The van der Waals surface area contributed by atoms with Crippen LogP contribution >= 0.6 is 7.82 Å². The number of para-hydroxylation sites is 1. The molecule has 178 valence electrons. The fourth-order valence-corrected chi connectivity index (χ4v) is 4.11. The van der Waals surface area contributed by atoms with Crippen molar-refractivity contribution in [1.82, 2.24) is 14.9 Å². The molecule has 0 bridgehead atoms. The molecule has 3 N–H and O–H groups in total. The molecule has 0 aliphatic carbocycles. The zero-order chi connectivity index (χ0) is 24.4. The number of hydrogen-bond acceptors (Lipinski definition) is 7. The molecule has 0 aliphatic rings. The van der Waals surface area contributed by atoms with Crippen LogP contribution in [0.15, 0.2) is 83.6 Å². The minimum absolute atomic E-state index is 0.208. The second-order valence-corrected chi connectivity index (χ2v) is 9.24. The number of nitrogens with two attached hydrogens (primary N) is 1. The Hall–Kier alpha value is -3.82. The number of benzene rings is 2. The van der Waals surface area contributed by atoms with Gasteiger partial charge in [0.15, 0.2) is 12.5 Å². The van der Waals surface area contributed by atoms with Crippen LogP contribution in [0, 0.1) is 0 Å². The van der Waals surface area contributed by atoms with Gasteiger partial charge < -0.3 is 14.3 Å². The normalized spacial score (nSPS) is 13.2. The van der Waals surface area contributed by atoms with Gasteiger partial charge >= 0.3 is 0 Å². The van der Waals surface area contributed by atoms with Crippen molar-refractivity contribution in [2.45, 2.75) is 19.7 Å². The number of nitrogen functional groups attached to an aromatic ring is 1. The summed E-state index contributed by atoms with van der Waals surface area (Å²) in [5.74, 6) is 0.641. The number of pyridine rings is 1. The lowest BCUT2D eigenvalue weighted by Crippen LogP contribution is -2.38. The van der Waals surface area contributed by atoms with Crippen molar-refractivity contribution in [1.29, 1.82) is 0 Å². The van der Waals surface area contributed by atoms with Gasteiger partial charge in [0.1, 0.15) is 5.56 Å². The molecule has 35 heavy (non-hydrogen) atoms. The van der Waals surface area contributed by atoms with Crippen LogP contribution < -0.4 is 15.2 Å². The molecule has 1 atom stereocenters. The Balaban J connectivity index is 1.27. The lowest BCUT2D eigenvalue weighted by molar-refractivity contribution is -0.712. The molecule has 3 aromatic heterocycles. The Morgan fingerprint density at radius 2 is 1.89 bits per heavy atom. The average Bonchev–Trinajstić information content (AvgIpc) is 3.46. The molecule has 5 aromatic rings. The Morgan fingerprint density at radius 1 is 1.11 bits per heavy atom.